The number of aryl methyl sites for hydroxylation is 2. The number of anilines is 1. The molecule has 3 heterocycles. The van der Waals surface area contributed by atoms with E-state index in [2.05, 4.69) is 16.0 Å². The summed E-state index contributed by atoms with van der Waals surface area (Å²) in [6, 6.07) is 2.13. The zero-order chi connectivity index (χ0) is 17.3. The number of hydrogen-bond donors (Lipinski definition) is 0. The summed E-state index contributed by atoms with van der Waals surface area (Å²) in [7, 11) is 3.09. The highest BCUT2D eigenvalue weighted by atomic mass is 16.2. The molecule has 0 N–H and O–H groups in total. The largest absolute Gasteiger partial charge is 0.342 e. The number of aromatic nitrogens is 4. The van der Waals surface area contributed by atoms with E-state index < -0.39 is 0 Å². The SMILES string of the molecule is Cn1c(=O)c2c(nc(N3CCCCCC3)n2CCC#N)n(C)c1=O. The van der Waals surface area contributed by atoms with Gasteiger partial charge >= 0.3 is 5.69 Å². The van der Waals surface area contributed by atoms with Crippen LogP contribution in [0.1, 0.15) is 32.1 Å². The molecule has 0 atom stereocenters. The summed E-state index contributed by atoms with van der Waals surface area (Å²) in [6.45, 7) is 2.15. The molecule has 1 aliphatic rings. The van der Waals surface area contributed by atoms with Gasteiger partial charge in [-0.25, -0.2) is 4.79 Å². The van der Waals surface area contributed by atoms with Crippen LogP contribution in [0.25, 0.3) is 11.2 Å². The standard InChI is InChI=1S/C16H22N6O2/c1-19-13-12(14(23)20(2)16(19)24)22(11-7-8-17)15(18-13)21-9-5-3-4-6-10-21/h3-7,9-11H2,1-2H3. The van der Waals surface area contributed by atoms with Crippen molar-refractivity contribution in [1.29, 1.82) is 5.26 Å². The highest BCUT2D eigenvalue weighted by Crippen LogP contribution is 2.23. The lowest BCUT2D eigenvalue weighted by molar-refractivity contribution is 0.672. The lowest BCUT2D eigenvalue weighted by Crippen LogP contribution is -2.37. The van der Waals surface area contributed by atoms with Crippen molar-refractivity contribution in [2.24, 2.45) is 14.1 Å². The predicted octanol–water partition coefficient (Wildman–Crippen LogP) is 0.728. The van der Waals surface area contributed by atoms with Crippen LogP contribution in [0.3, 0.4) is 0 Å². The molecule has 0 bridgehead atoms. The van der Waals surface area contributed by atoms with Gasteiger partial charge in [0.25, 0.3) is 5.56 Å². The Morgan fingerprint density at radius 2 is 1.75 bits per heavy atom. The summed E-state index contributed by atoms with van der Waals surface area (Å²) in [5.74, 6) is 0.695. The summed E-state index contributed by atoms with van der Waals surface area (Å²) >= 11 is 0. The number of fused-ring (bicyclic) bond motifs is 1. The first kappa shape index (κ1) is 16.3. The van der Waals surface area contributed by atoms with Gasteiger partial charge < -0.3 is 9.47 Å². The average molecular weight is 330 g/mol. The molecule has 1 saturated heterocycles. The van der Waals surface area contributed by atoms with Crippen LogP contribution >= 0.6 is 0 Å². The van der Waals surface area contributed by atoms with Gasteiger partial charge in [-0.2, -0.15) is 10.2 Å². The molecule has 0 saturated carbocycles. The maximum Gasteiger partial charge on any atom is 0.332 e. The second-order valence-electron chi connectivity index (χ2n) is 6.25. The Morgan fingerprint density at radius 3 is 2.38 bits per heavy atom. The van der Waals surface area contributed by atoms with E-state index in [0.717, 1.165) is 30.5 Å². The van der Waals surface area contributed by atoms with Crippen molar-refractivity contribution in [2.45, 2.75) is 38.6 Å². The van der Waals surface area contributed by atoms with Gasteiger partial charge in [0.2, 0.25) is 5.95 Å². The first-order valence-corrected chi connectivity index (χ1v) is 8.34. The first-order valence-electron chi connectivity index (χ1n) is 8.34. The van der Waals surface area contributed by atoms with Crippen LogP contribution in [-0.4, -0.2) is 31.8 Å². The molecule has 2 aromatic heterocycles. The molecule has 0 aromatic carbocycles. The van der Waals surface area contributed by atoms with Gasteiger partial charge in [-0.05, 0) is 12.8 Å². The molecule has 128 valence electrons. The number of hydrogen-bond acceptors (Lipinski definition) is 5. The van der Waals surface area contributed by atoms with E-state index in [1.807, 2.05) is 4.57 Å². The fraction of sp³-hybridized carbons (Fsp3) is 0.625. The summed E-state index contributed by atoms with van der Waals surface area (Å²) in [4.78, 5) is 31.6. The maximum atomic E-state index is 12.6. The van der Waals surface area contributed by atoms with Gasteiger partial charge in [-0.15, -0.1) is 0 Å². The monoisotopic (exact) mass is 330 g/mol. The van der Waals surface area contributed by atoms with Gasteiger partial charge in [0.1, 0.15) is 0 Å². The fourth-order valence-corrected chi connectivity index (χ4v) is 3.32. The minimum absolute atomic E-state index is 0.290. The second kappa shape index (κ2) is 6.51. The highest BCUT2D eigenvalue weighted by Gasteiger charge is 2.23. The Morgan fingerprint density at radius 1 is 1.08 bits per heavy atom. The maximum absolute atomic E-state index is 12.6. The van der Waals surface area contributed by atoms with Crippen molar-refractivity contribution in [1.82, 2.24) is 18.7 Å². The van der Waals surface area contributed by atoms with Gasteiger partial charge in [0.05, 0.1) is 12.5 Å². The molecular weight excluding hydrogens is 308 g/mol. The molecule has 1 fully saturated rings. The summed E-state index contributed by atoms with van der Waals surface area (Å²) in [5.41, 5.74) is 0.0360. The summed E-state index contributed by atoms with van der Waals surface area (Å²) in [5, 5.41) is 8.97. The zero-order valence-corrected chi connectivity index (χ0v) is 14.2. The summed E-state index contributed by atoms with van der Waals surface area (Å²) < 4.78 is 4.31. The molecule has 1 aliphatic heterocycles. The number of rotatable bonds is 3. The van der Waals surface area contributed by atoms with Crippen molar-refractivity contribution in [3.05, 3.63) is 20.8 Å². The van der Waals surface area contributed by atoms with Crippen molar-refractivity contribution in [3.8, 4) is 6.07 Å². The topological polar surface area (TPSA) is 88.8 Å². The average Bonchev–Trinajstić information content (AvgIpc) is 2.76. The third-order valence-electron chi connectivity index (χ3n) is 4.66. The fourth-order valence-electron chi connectivity index (χ4n) is 3.32. The summed E-state index contributed by atoms with van der Waals surface area (Å²) in [6.07, 6.45) is 4.83. The van der Waals surface area contributed by atoms with Crippen LogP contribution < -0.4 is 16.1 Å². The normalized spacial score (nSPS) is 15.5. The van der Waals surface area contributed by atoms with E-state index in [9.17, 15) is 9.59 Å². The van der Waals surface area contributed by atoms with E-state index in [4.69, 9.17) is 5.26 Å². The highest BCUT2D eigenvalue weighted by molar-refractivity contribution is 5.74. The first-order chi connectivity index (χ1) is 11.6. The van der Waals surface area contributed by atoms with E-state index >= 15 is 0 Å². The lowest BCUT2D eigenvalue weighted by Gasteiger charge is -2.22. The van der Waals surface area contributed by atoms with Crippen molar-refractivity contribution < 1.29 is 0 Å². The van der Waals surface area contributed by atoms with Crippen LogP contribution in [0, 0.1) is 11.3 Å². The van der Waals surface area contributed by atoms with Crippen LogP contribution in [0.15, 0.2) is 9.59 Å². The molecule has 2 aromatic rings. The van der Waals surface area contributed by atoms with E-state index in [0.29, 0.717) is 23.7 Å². The van der Waals surface area contributed by atoms with Crippen LogP contribution in [0.5, 0.6) is 0 Å². The van der Waals surface area contributed by atoms with Crippen molar-refractivity contribution >= 4 is 17.1 Å². The van der Waals surface area contributed by atoms with Crippen LogP contribution in [0.2, 0.25) is 0 Å². The van der Waals surface area contributed by atoms with Crippen LogP contribution in [0.4, 0.5) is 5.95 Å². The molecule has 0 radical (unpaired) electrons. The van der Waals surface area contributed by atoms with Crippen molar-refractivity contribution in [2.75, 3.05) is 18.0 Å². The second-order valence-corrected chi connectivity index (χ2v) is 6.25. The Bertz CT molecular complexity index is 906. The Kier molecular flexibility index (Phi) is 4.42. The number of imidazole rings is 1. The third-order valence-corrected chi connectivity index (χ3v) is 4.66. The molecule has 24 heavy (non-hydrogen) atoms. The minimum atomic E-state index is -0.389. The Labute approximate surface area is 139 Å². The van der Waals surface area contributed by atoms with E-state index in [1.54, 1.807) is 7.05 Å². The predicted molar refractivity (Wildman–Crippen MR) is 91.1 cm³/mol. The molecular formula is C16H22N6O2. The zero-order valence-electron chi connectivity index (χ0n) is 14.2. The Hall–Kier alpha value is -2.56. The lowest BCUT2D eigenvalue weighted by atomic mass is 10.2. The Balaban J connectivity index is 2.26. The quantitative estimate of drug-likeness (QED) is 0.827. The molecule has 0 spiro atoms. The molecule has 8 heteroatoms. The van der Waals surface area contributed by atoms with E-state index in [1.165, 1.54) is 24.5 Å². The van der Waals surface area contributed by atoms with Gasteiger partial charge in [-0.3, -0.25) is 13.9 Å². The van der Waals surface area contributed by atoms with Crippen molar-refractivity contribution in [3.63, 3.8) is 0 Å². The molecule has 8 nitrogen and oxygen atoms in total. The number of nitriles is 1. The molecule has 3 rings (SSSR count). The molecule has 0 aliphatic carbocycles. The minimum Gasteiger partial charge on any atom is -0.342 e. The third kappa shape index (κ3) is 2.60. The van der Waals surface area contributed by atoms with Gasteiger partial charge in [0, 0.05) is 33.7 Å². The smallest absolute Gasteiger partial charge is 0.332 e. The number of nitrogens with zero attached hydrogens (tertiary/aromatic N) is 6. The van der Waals surface area contributed by atoms with Crippen LogP contribution in [-0.2, 0) is 20.6 Å². The molecule has 0 unspecified atom stereocenters. The van der Waals surface area contributed by atoms with E-state index in [-0.39, 0.29) is 17.7 Å². The van der Waals surface area contributed by atoms with Gasteiger partial charge in [-0.1, -0.05) is 12.8 Å². The molecule has 0 amide bonds. The van der Waals surface area contributed by atoms with Gasteiger partial charge in [0.15, 0.2) is 11.2 Å².